The number of halogens is 2. The molecule has 0 spiro atoms. The lowest BCUT2D eigenvalue weighted by molar-refractivity contribution is -0.143. The van der Waals surface area contributed by atoms with Crippen molar-refractivity contribution in [1.82, 2.24) is 5.32 Å². The Kier molecular flexibility index (Phi) is 2.61. The van der Waals surface area contributed by atoms with E-state index >= 15 is 0 Å². The maximum atomic E-state index is 12.8. The maximum Gasteiger partial charge on any atom is 0.408 e. The number of alkyl carbamates (subject to hydrolysis) is 1. The maximum absolute atomic E-state index is 12.8. The lowest BCUT2D eigenvalue weighted by Gasteiger charge is -2.21. The number of alkyl halides is 2. The van der Waals surface area contributed by atoms with E-state index in [0.717, 1.165) is 0 Å². The van der Waals surface area contributed by atoms with Crippen LogP contribution in [0.2, 0.25) is 0 Å². The molecular formula is C9H13F2NO4. The number of nitrogens with one attached hydrogen (secondary N) is 1. The predicted octanol–water partition coefficient (Wildman–Crippen LogP) is 1.37. The van der Waals surface area contributed by atoms with Crippen LogP contribution in [0.5, 0.6) is 0 Å². The van der Waals surface area contributed by atoms with E-state index in [1.54, 1.807) is 26.1 Å². The molecule has 0 aromatic carbocycles. The molecule has 1 aliphatic carbocycles. The highest BCUT2D eigenvalue weighted by Crippen LogP contribution is 2.52. The lowest BCUT2D eigenvalue weighted by Crippen LogP contribution is -2.49. The summed E-state index contributed by atoms with van der Waals surface area (Å²) in [5.74, 6) is -5.18. The van der Waals surface area contributed by atoms with Gasteiger partial charge in [0.1, 0.15) is 5.60 Å². The second-order valence-corrected chi connectivity index (χ2v) is 4.72. The smallest absolute Gasteiger partial charge is 0.408 e. The van der Waals surface area contributed by atoms with E-state index in [0.29, 0.717) is 0 Å². The summed E-state index contributed by atoms with van der Waals surface area (Å²) >= 11 is 0. The van der Waals surface area contributed by atoms with E-state index < -0.39 is 35.5 Å². The van der Waals surface area contributed by atoms with Gasteiger partial charge in [-0.3, -0.25) is 5.32 Å². The molecule has 92 valence electrons. The Morgan fingerprint density at radius 3 is 2.06 bits per heavy atom. The third-order valence-electron chi connectivity index (χ3n) is 2.07. The Hall–Kier alpha value is -1.40. The number of rotatable bonds is 2. The SMILES string of the molecule is CC(C)(C)OC(=O)N[C@@]1(C(=O)O)CC1(F)F. The summed E-state index contributed by atoms with van der Waals surface area (Å²) in [6.45, 7) is 4.64. The number of carboxylic acid groups (broad SMARTS) is 1. The molecule has 0 aromatic rings. The van der Waals surface area contributed by atoms with E-state index in [2.05, 4.69) is 0 Å². The first kappa shape index (κ1) is 12.7. The van der Waals surface area contributed by atoms with Crippen molar-refractivity contribution in [2.75, 3.05) is 0 Å². The number of carboxylic acids is 1. The Morgan fingerprint density at radius 2 is 1.81 bits per heavy atom. The molecule has 2 N–H and O–H groups in total. The first-order chi connectivity index (χ1) is 7.00. The molecule has 0 saturated heterocycles. The van der Waals surface area contributed by atoms with E-state index in [4.69, 9.17) is 9.84 Å². The fourth-order valence-electron chi connectivity index (χ4n) is 1.19. The summed E-state index contributed by atoms with van der Waals surface area (Å²) in [4.78, 5) is 21.8. The van der Waals surface area contributed by atoms with Gasteiger partial charge in [0.15, 0.2) is 0 Å². The minimum absolute atomic E-state index is 0.867. The van der Waals surface area contributed by atoms with Crippen LogP contribution < -0.4 is 5.32 Å². The molecule has 0 aromatic heterocycles. The van der Waals surface area contributed by atoms with E-state index in [1.165, 1.54) is 0 Å². The predicted molar refractivity (Wildman–Crippen MR) is 49.3 cm³/mol. The van der Waals surface area contributed by atoms with Gasteiger partial charge in [0.25, 0.3) is 5.92 Å². The Morgan fingerprint density at radius 1 is 1.38 bits per heavy atom. The summed E-state index contributed by atoms with van der Waals surface area (Å²) in [7, 11) is 0. The van der Waals surface area contributed by atoms with Crippen molar-refractivity contribution < 1.29 is 28.2 Å². The highest BCUT2D eigenvalue weighted by Gasteiger charge is 2.78. The number of amides is 1. The molecule has 1 aliphatic rings. The van der Waals surface area contributed by atoms with Crippen LogP contribution in [-0.4, -0.2) is 34.2 Å². The number of ether oxygens (including phenoxy) is 1. The van der Waals surface area contributed by atoms with E-state index in [9.17, 15) is 18.4 Å². The number of hydrogen-bond acceptors (Lipinski definition) is 3. The second-order valence-electron chi connectivity index (χ2n) is 4.72. The minimum atomic E-state index is -3.42. The molecule has 5 nitrogen and oxygen atoms in total. The van der Waals surface area contributed by atoms with Gasteiger partial charge in [-0.1, -0.05) is 0 Å². The fraction of sp³-hybridized carbons (Fsp3) is 0.778. The van der Waals surface area contributed by atoms with Crippen molar-refractivity contribution in [1.29, 1.82) is 0 Å². The molecule has 0 bridgehead atoms. The summed E-state index contributed by atoms with van der Waals surface area (Å²) in [6.07, 6.45) is -2.07. The second kappa shape index (κ2) is 3.29. The van der Waals surface area contributed by atoms with Crippen molar-refractivity contribution >= 4 is 12.1 Å². The highest BCUT2D eigenvalue weighted by molar-refractivity contribution is 5.89. The molecule has 0 radical (unpaired) electrons. The Bertz CT molecular complexity index is 337. The third kappa shape index (κ3) is 2.23. The van der Waals surface area contributed by atoms with Crippen molar-refractivity contribution in [3.8, 4) is 0 Å². The Balaban J connectivity index is 2.67. The van der Waals surface area contributed by atoms with Gasteiger partial charge in [-0.25, -0.2) is 18.4 Å². The normalized spacial score (nSPS) is 27.1. The zero-order chi connectivity index (χ0) is 12.8. The number of aliphatic carboxylic acids is 1. The quantitative estimate of drug-likeness (QED) is 0.760. The van der Waals surface area contributed by atoms with Crippen molar-refractivity contribution in [2.24, 2.45) is 0 Å². The first-order valence-electron chi connectivity index (χ1n) is 4.63. The van der Waals surface area contributed by atoms with Crippen LogP contribution in [0.4, 0.5) is 13.6 Å². The molecule has 1 saturated carbocycles. The van der Waals surface area contributed by atoms with Crippen LogP contribution in [0, 0.1) is 0 Å². The van der Waals surface area contributed by atoms with Gasteiger partial charge >= 0.3 is 12.1 Å². The third-order valence-corrected chi connectivity index (χ3v) is 2.07. The molecule has 1 atom stereocenters. The van der Waals surface area contributed by atoms with E-state index in [1.807, 2.05) is 0 Å². The van der Waals surface area contributed by atoms with Crippen LogP contribution in [0.25, 0.3) is 0 Å². The first-order valence-corrected chi connectivity index (χ1v) is 4.63. The molecule has 1 fully saturated rings. The average Bonchev–Trinajstić information content (AvgIpc) is 2.49. The van der Waals surface area contributed by atoms with Gasteiger partial charge in [-0.05, 0) is 20.8 Å². The number of hydrogen-bond donors (Lipinski definition) is 2. The fourth-order valence-corrected chi connectivity index (χ4v) is 1.19. The lowest BCUT2D eigenvalue weighted by atomic mass is 10.2. The van der Waals surface area contributed by atoms with Crippen molar-refractivity contribution in [3.05, 3.63) is 0 Å². The van der Waals surface area contributed by atoms with Gasteiger partial charge in [0.2, 0.25) is 5.54 Å². The Labute approximate surface area is 90.8 Å². The van der Waals surface area contributed by atoms with Crippen LogP contribution in [0.3, 0.4) is 0 Å². The topological polar surface area (TPSA) is 75.6 Å². The molecule has 1 amide bonds. The van der Waals surface area contributed by atoms with Crippen LogP contribution >= 0.6 is 0 Å². The minimum Gasteiger partial charge on any atom is -0.479 e. The van der Waals surface area contributed by atoms with Gasteiger partial charge in [0.05, 0.1) is 6.42 Å². The molecule has 7 heteroatoms. The van der Waals surface area contributed by atoms with Crippen LogP contribution in [-0.2, 0) is 9.53 Å². The van der Waals surface area contributed by atoms with Crippen LogP contribution in [0.15, 0.2) is 0 Å². The van der Waals surface area contributed by atoms with Crippen molar-refractivity contribution in [2.45, 2.75) is 44.3 Å². The summed E-state index contributed by atoms with van der Waals surface area (Å²) < 4.78 is 30.4. The zero-order valence-corrected chi connectivity index (χ0v) is 9.13. The highest BCUT2D eigenvalue weighted by atomic mass is 19.3. The van der Waals surface area contributed by atoms with Crippen molar-refractivity contribution in [3.63, 3.8) is 0 Å². The standard InChI is InChI=1S/C9H13F2NO4/c1-7(2,3)16-6(15)12-8(5(13)14)4-9(8,10)11/h4H2,1-3H3,(H,12,15)(H,13,14)/t8-/m1/s1. The molecule has 1 rings (SSSR count). The molecule has 0 heterocycles. The van der Waals surface area contributed by atoms with E-state index in [-0.39, 0.29) is 0 Å². The van der Waals surface area contributed by atoms with Crippen LogP contribution in [0.1, 0.15) is 27.2 Å². The summed E-state index contributed by atoms with van der Waals surface area (Å²) in [6, 6.07) is 0. The summed E-state index contributed by atoms with van der Waals surface area (Å²) in [5, 5.41) is 10.3. The van der Waals surface area contributed by atoms with Gasteiger partial charge in [-0.2, -0.15) is 0 Å². The molecule has 0 unspecified atom stereocenters. The molecule has 0 aliphatic heterocycles. The average molecular weight is 237 g/mol. The van der Waals surface area contributed by atoms with Gasteiger partial charge in [-0.15, -0.1) is 0 Å². The van der Waals surface area contributed by atoms with Gasteiger partial charge < -0.3 is 9.84 Å². The number of carbonyl (C=O) groups is 2. The molecular weight excluding hydrogens is 224 g/mol. The molecule has 16 heavy (non-hydrogen) atoms. The largest absolute Gasteiger partial charge is 0.479 e. The monoisotopic (exact) mass is 237 g/mol. The number of carbonyl (C=O) groups excluding carboxylic acids is 1. The van der Waals surface area contributed by atoms with Gasteiger partial charge in [0, 0.05) is 0 Å². The zero-order valence-electron chi connectivity index (χ0n) is 9.13. The summed E-state index contributed by atoms with van der Waals surface area (Å²) in [5.41, 5.74) is -3.37.